The summed E-state index contributed by atoms with van der Waals surface area (Å²) in [6.07, 6.45) is 3.46. The van der Waals surface area contributed by atoms with Gasteiger partial charge in [-0.2, -0.15) is 0 Å². The van der Waals surface area contributed by atoms with Gasteiger partial charge < -0.3 is 18.9 Å². The molecule has 0 radical (unpaired) electrons. The zero-order valence-electron chi connectivity index (χ0n) is 14.8. The van der Waals surface area contributed by atoms with Gasteiger partial charge in [0.2, 0.25) is 0 Å². The molecule has 0 atom stereocenters. The number of carbonyl (C=O) groups excluding carboxylic acids is 1. The minimum atomic E-state index is -0.0731. The van der Waals surface area contributed by atoms with Gasteiger partial charge in [0, 0.05) is 5.57 Å². The monoisotopic (exact) mass is 352 g/mol. The molecule has 5 heteroatoms. The number of benzene rings is 2. The van der Waals surface area contributed by atoms with Crippen LogP contribution >= 0.6 is 0 Å². The fourth-order valence-electron chi connectivity index (χ4n) is 2.68. The summed E-state index contributed by atoms with van der Waals surface area (Å²) < 4.78 is 21.8. The number of carbonyl (C=O) groups is 1. The molecule has 26 heavy (non-hydrogen) atoms. The Morgan fingerprint density at radius 2 is 1.96 bits per heavy atom. The average Bonchev–Trinajstić information content (AvgIpc) is 2.68. The standard InChI is InChI=1S/C21H20O5/c1-4-9-25-19-7-5-14(11-20(19)24-3)10-15-13-26-18-8-6-16(23-2)12-17(18)21(15)22/h4-8,10-12H,1,9,13H2,2-3H3/b15-10+. The number of hydrogen-bond acceptors (Lipinski definition) is 5. The highest BCUT2D eigenvalue weighted by molar-refractivity contribution is 6.14. The maximum absolute atomic E-state index is 12.8. The Balaban J connectivity index is 1.90. The molecule has 2 aromatic rings. The molecule has 1 aliphatic heterocycles. The summed E-state index contributed by atoms with van der Waals surface area (Å²) in [6, 6.07) is 10.7. The van der Waals surface area contributed by atoms with Crippen molar-refractivity contribution in [2.24, 2.45) is 0 Å². The van der Waals surface area contributed by atoms with Crippen LogP contribution in [-0.4, -0.2) is 33.2 Å². The van der Waals surface area contributed by atoms with Gasteiger partial charge in [0.05, 0.1) is 19.8 Å². The van der Waals surface area contributed by atoms with Crippen LogP contribution < -0.4 is 18.9 Å². The van der Waals surface area contributed by atoms with Crippen LogP contribution in [0.25, 0.3) is 6.08 Å². The van der Waals surface area contributed by atoms with Crippen molar-refractivity contribution in [1.29, 1.82) is 0 Å². The van der Waals surface area contributed by atoms with Crippen molar-refractivity contribution in [3.63, 3.8) is 0 Å². The van der Waals surface area contributed by atoms with E-state index in [9.17, 15) is 4.79 Å². The van der Waals surface area contributed by atoms with E-state index < -0.39 is 0 Å². The normalized spacial score (nSPS) is 14.4. The molecule has 0 fully saturated rings. The highest BCUT2D eigenvalue weighted by Gasteiger charge is 2.24. The zero-order chi connectivity index (χ0) is 18.5. The molecule has 2 aromatic carbocycles. The summed E-state index contributed by atoms with van der Waals surface area (Å²) in [5, 5.41) is 0. The van der Waals surface area contributed by atoms with E-state index in [1.165, 1.54) is 0 Å². The topological polar surface area (TPSA) is 54.0 Å². The molecule has 0 bridgehead atoms. The highest BCUT2D eigenvalue weighted by Crippen LogP contribution is 2.33. The maximum Gasteiger partial charge on any atom is 0.196 e. The Morgan fingerprint density at radius 3 is 2.69 bits per heavy atom. The molecular formula is C21H20O5. The summed E-state index contributed by atoms with van der Waals surface area (Å²) in [5.74, 6) is 2.32. The lowest BCUT2D eigenvalue weighted by Crippen LogP contribution is -2.19. The van der Waals surface area contributed by atoms with E-state index >= 15 is 0 Å². The minimum Gasteiger partial charge on any atom is -0.497 e. The Kier molecular flexibility index (Phi) is 5.27. The Labute approximate surface area is 152 Å². The summed E-state index contributed by atoms with van der Waals surface area (Å²) in [4.78, 5) is 12.8. The van der Waals surface area contributed by atoms with Gasteiger partial charge in [0.1, 0.15) is 24.7 Å². The van der Waals surface area contributed by atoms with Crippen molar-refractivity contribution in [2.75, 3.05) is 27.4 Å². The molecule has 5 nitrogen and oxygen atoms in total. The van der Waals surface area contributed by atoms with Crippen LogP contribution in [0.3, 0.4) is 0 Å². The number of fused-ring (bicyclic) bond motifs is 1. The fourth-order valence-corrected chi connectivity index (χ4v) is 2.68. The molecule has 0 N–H and O–H groups in total. The van der Waals surface area contributed by atoms with E-state index in [0.717, 1.165) is 5.56 Å². The van der Waals surface area contributed by atoms with Crippen LogP contribution in [0.4, 0.5) is 0 Å². The smallest absolute Gasteiger partial charge is 0.196 e. The van der Waals surface area contributed by atoms with E-state index in [4.69, 9.17) is 18.9 Å². The summed E-state index contributed by atoms with van der Waals surface area (Å²) in [7, 11) is 3.14. The lowest BCUT2D eigenvalue weighted by Gasteiger charge is -2.19. The quantitative estimate of drug-likeness (QED) is 0.582. The number of hydrogen-bond donors (Lipinski definition) is 0. The Bertz CT molecular complexity index is 867. The first-order valence-electron chi connectivity index (χ1n) is 8.14. The first-order valence-corrected chi connectivity index (χ1v) is 8.14. The van der Waals surface area contributed by atoms with Gasteiger partial charge in [0.25, 0.3) is 0 Å². The van der Waals surface area contributed by atoms with Crippen molar-refractivity contribution in [2.45, 2.75) is 0 Å². The van der Waals surface area contributed by atoms with Crippen LogP contribution in [-0.2, 0) is 0 Å². The van der Waals surface area contributed by atoms with Gasteiger partial charge in [-0.1, -0.05) is 18.7 Å². The van der Waals surface area contributed by atoms with Crippen molar-refractivity contribution in [1.82, 2.24) is 0 Å². The highest BCUT2D eigenvalue weighted by atomic mass is 16.5. The molecule has 0 spiro atoms. The summed E-state index contributed by atoms with van der Waals surface area (Å²) in [5.41, 5.74) is 1.89. The molecule has 1 heterocycles. The van der Waals surface area contributed by atoms with E-state index in [0.29, 0.717) is 40.7 Å². The van der Waals surface area contributed by atoms with Gasteiger partial charge in [0.15, 0.2) is 17.3 Å². The second-order valence-corrected chi connectivity index (χ2v) is 5.66. The average molecular weight is 352 g/mol. The van der Waals surface area contributed by atoms with Gasteiger partial charge in [-0.15, -0.1) is 0 Å². The predicted octanol–water partition coefficient (Wildman–Crippen LogP) is 3.93. The number of ether oxygens (including phenoxy) is 4. The molecule has 0 amide bonds. The third-order valence-electron chi connectivity index (χ3n) is 3.99. The van der Waals surface area contributed by atoms with Crippen molar-refractivity contribution in [3.8, 4) is 23.0 Å². The van der Waals surface area contributed by atoms with Crippen molar-refractivity contribution in [3.05, 3.63) is 65.8 Å². The lowest BCUT2D eigenvalue weighted by atomic mass is 9.98. The van der Waals surface area contributed by atoms with Crippen molar-refractivity contribution < 1.29 is 23.7 Å². The second-order valence-electron chi connectivity index (χ2n) is 5.66. The van der Waals surface area contributed by atoms with Gasteiger partial charge in [-0.3, -0.25) is 4.79 Å². The summed E-state index contributed by atoms with van der Waals surface area (Å²) in [6.45, 7) is 4.24. The van der Waals surface area contributed by atoms with E-state index in [-0.39, 0.29) is 12.4 Å². The predicted molar refractivity (Wildman–Crippen MR) is 99.5 cm³/mol. The van der Waals surface area contributed by atoms with Gasteiger partial charge in [-0.25, -0.2) is 0 Å². The van der Waals surface area contributed by atoms with Crippen LogP contribution in [0.5, 0.6) is 23.0 Å². The van der Waals surface area contributed by atoms with Crippen LogP contribution in [0.15, 0.2) is 54.6 Å². The van der Waals surface area contributed by atoms with E-state index in [2.05, 4.69) is 6.58 Å². The molecule has 0 aliphatic carbocycles. The minimum absolute atomic E-state index is 0.0731. The van der Waals surface area contributed by atoms with Crippen LogP contribution in [0.1, 0.15) is 15.9 Å². The van der Waals surface area contributed by atoms with E-state index in [1.54, 1.807) is 50.6 Å². The van der Waals surface area contributed by atoms with Gasteiger partial charge >= 0.3 is 0 Å². The van der Waals surface area contributed by atoms with Crippen LogP contribution in [0, 0.1) is 0 Å². The number of ketones is 1. The Hall–Kier alpha value is -3.21. The summed E-state index contributed by atoms with van der Waals surface area (Å²) >= 11 is 0. The van der Waals surface area contributed by atoms with Crippen LogP contribution in [0.2, 0.25) is 0 Å². The first kappa shape index (κ1) is 17.6. The first-order chi connectivity index (χ1) is 12.7. The second kappa shape index (κ2) is 7.78. The fraction of sp³-hybridized carbons (Fsp3) is 0.190. The largest absolute Gasteiger partial charge is 0.497 e. The molecular weight excluding hydrogens is 332 g/mol. The Morgan fingerprint density at radius 1 is 1.12 bits per heavy atom. The number of Topliss-reactive ketones (excluding diaryl/α,β-unsaturated/α-hetero) is 1. The number of methoxy groups -OCH3 is 2. The third-order valence-corrected chi connectivity index (χ3v) is 3.99. The molecule has 0 aromatic heterocycles. The lowest BCUT2D eigenvalue weighted by molar-refractivity contribution is 0.100. The molecule has 0 saturated carbocycles. The molecule has 134 valence electrons. The van der Waals surface area contributed by atoms with E-state index in [1.807, 2.05) is 12.1 Å². The third kappa shape index (κ3) is 3.57. The maximum atomic E-state index is 12.8. The van der Waals surface area contributed by atoms with Gasteiger partial charge in [-0.05, 0) is 42.0 Å². The van der Waals surface area contributed by atoms with Crippen molar-refractivity contribution >= 4 is 11.9 Å². The molecule has 1 aliphatic rings. The SMILES string of the molecule is C=CCOc1ccc(/C=C2\COc3ccc(OC)cc3C2=O)cc1OC. The molecule has 0 saturated heterocycles. The molecule has 0 unspecified atom stereocenters. The number of rotatable bonds is 6. The zero-order valence-corrected chi connectivity index (χ0v) is 14.8. The molecule has 3 rings (SSSR count).